The molecule has 0 aliphatic heterocycles. The molecule has 3 nitrogen and oxygen atoms in total. The number of ether oxygens (including phenoxy) is 1. The first-order valence-corrected chi connectivity index (χ1v) is 6.33. The molecule has 1 aromatic carbocycles. The van der Waals surface area contributed by atoms with Crippen LogP contribution in [0.4, 0.5) is 0 Å². The summed E-state index contributed by atoms with van der Waals surface area (Å²) in [6.07, 6.45) is 1.80. The van der Waals surface area contributed by atoms with Gasteiger partial charge in [-0.05, 0) is 23.5 Å². The summed E-state index contributed by atoms with van der Waals surface area (Å²) >= 11 is 0. The van der Waals surface area contributed by atoms with E-state index in [1.807, 2.05) is 6.07 Å². The lowest BCUT2D eigenvalue weighted by Crippen LogP contribution is -2.19. The number of aromatic carboxylic acids is 1. The first-order chi connectivity index (χ1) is 8.35. The molecule has 100 valence electrons. The van der Waals surface area contributed by atoms with E-state index >= 15 is 0 Å². The number of para-hydroxylation sites is 1. The van der Waals surface area contributed by atoms with Crippen LogP contribution in [-0.4, -0.2) is 17.7 Å². The van der Waals surface area contributed by atoms with E-state index in [1.54, 1.807) is 12.1 Å². The van der Waals surface area contributed by atoms with Crippen molar-refractivity contribution in [2.45, 2.75) is 40.5 Å². The molecule has 0 aliphatic rings. The van der Waals surface area contributed by atoms with Crippen molar-refractivity contribution >= 4 is 5.97 Å². The third-order valence-electron chi connectivity index (χ3n) is 2.50. The monoisotopic (exact) mass is 250 g/mol. The van der Waals surface area contributed by atoms with Gasteiger partial charge in [-0.25, -0.2) is 4.79 Å². The first kappa shape index (κ1) is 14.6. The number of carboxylic acid groups (broad SMARTS) is 1. The standard InChI is InChI=1S/C15H22O3/c1-5-7-11-8-6-9-12(14(16)17)13(11)18-10-15(2,3)4/h6,8-9H,5,7,10H2,1-4H3,(H,16,17). The fourth-order valence-electron chi connectivity index (χ4n) is 1.68. The number of carbonyl (C=O) groups is 1. The molecule has 0 bridgehead atoms. The van der Waals surface area contributed by atoms with Gasteiger partial charge < -0.3 is 9.84 Å². The van der Waals surface area contributed by atoms with Crippen LogP contribution in [0.5, 0.6) is 5.75 Å². The van der Waals surface area contributed by atoms with Crippen LogP contribution in [0.3, 0.4) is 0 Å². The fourth-order valence-corrected chi connectivity index (χ4v) is 1.68. The largest absolute Gasteiger partial charge is 0.492 e. The summed E-state index contributed by atoms with van der Waals surface area (Å²) in [7, 11) is 0. The normalized spacial score (nSPS) is 11.3. The summed E-state index contributed by atoms with van der Waals surface area (Å²) in [5.41, 5.74) is 1.24. The third-order valence-corrected chi connectivity index (χ3v) is 2.50. The van der Waals surface area contributed by atoms with E-state index in [9.17, 15) is 9.90 Å². The van der Waals surface area contributed by atoms with Crippen LogP contribution in [0.2, 0.25) is 0 Å². The highest BCUT2D eigenvalue weighted by Crippen LogP contribution is 2.27. The van der Waals surface area contributed by atoms with Gasteiger partial charge in [0.2, 0.25) is 0 Å². The van der Waals surface area contributed by atoms with Crippen LogP contribution in [0.15, 0.2) is 18.2 Å². The van der Waals surface area contributed by atoms with Crippen LogP contribution in [0, 0.1) is 5.41 Å². The van der Waals surface area contributed by atoms with Crippen LogP contribution in [-0.2, 0) is 6.42 Å². The van der Waals surface area contributed by atoms with E-state index < -0.39 is 5.97 Å². The molecule has 0 fully saturated rings. The zero-order valence-electron chi connectivity index (χ0n) is 11.6. The maximum absolute atomic E-state index is 11.2. The van der Waals surface area contributed by atoms with Crippen molar-refractivity contribution in [1.82, 2.24) is 0 Å². The smallest absolute Gasteiger partial charge is 0.339 e. The summed E-state index contributed by atoms with van der Waals surface area (Å²) in [4.78, 5) is 11.2. The first-order valence-electron chi connectivity index (χ1n) is 6.33. The van der Waals surface area contributed by atoms with E-state index in [2.05, 4.69) is 27.7 Å². The predicted octanol–water partition coefficient (Wildman–Crippen LogP) is 3.76. The Labute approximate surface area is 109 Å². The molecule has 1 aromatic rings. The van der Waals surface area contributed by atoms with Crippen molar-refractivity contribution in [2.75, 3.05) is 6.61 Å². The molecule has 0 aromatic heterocycles. The van der Waals surface area contributed by atoms with Crippen LogP contribution in [0.1, 0.15) is 50.0 Å². The minimum absolute atomic E-state index is 0.00903. The summed E-state index contributed by atoms with van der Waals surface area (Å²) in [6, 6.07) is 5.31. The lowest BCUT2D eigenvalue weighted by atomic mass is 9.98. The van der Waals surface area contributed by atoms with Gasteiger partial charge in [-0.3, -0.25) is 0 Å². The topological polar surface area (TPSA) is 46.5 Å². The second-order valence-electron chi connectivity index (χ2n) is 5.70. The highest BCUT2D eigenvalue weighted by molar-refractivity contribution is 5.91. The van der Waals surface area contributed by atoms with Crippen LogP contribution >= 0.6 is 0 Å². The van der Waals surface area contributed by atoms with Crippen molar-refractivity contribution in [2.24, 2.45) is 5.41 Å². The zero-order valence-corrected chi connectivity index (χ0v) is 11.6. The average molecular weight is 250 g/mol. The van der Waals surface area contributed by atoms with Gasteiger partial charge in [0.05, 0.1) is 6.61 Å². The van der Waals surface area contributed by atoms with Gasteiger partial charge >= 0.3 is 5.97 Å². The molecule has 0 heterocycles. The maximum Gasteiger partial charge on any atom is 0.339 e. The van der Waals surface area contributed by atoms with Crippen molar-refractivity contribution in [3.63, 3.8) is 0 Å². The molecule has 0 spiro atoms. The second kappa shape index (κ2) is 5.89. The molecule has 18 heavy (non-hydrogen) atoms. The molecular formula is C15H22O3. The molecular weight excluding hydrogens is 228 g/mol. The quantitative estimate of drug-likeness (QED) is 0.865. The van der Waals surface area contributed by atoms with E-state index in [-0.39, 0.29) is 11.0 Å². The van der Waals surface area contributed by atoms with E-state index in [4.69, 9.17) is 4.74 Å². The average Bonchev–Trinajstić information content (AvgIpc) is 2.26. The van der Waals surface area contributed by atoms with Gasteiger partial charge in [0.1, 0.15) is 11.3 Å². The highest BCUT2D eigenvalue weighted by Gasteiger charge is 2.18. The van der Waals surface area contributed by atoms with Gasteiger partial charge in [-0.15, -0.1) is 0 Å². The minimum atomic E-state index is -0.933. The molecule has 0 saturated heterocycles. The molecule has 1 rings (SSSR count). The Hall–Kier alpha value is -1.51. The van der Waals surface area contributed by atoms with Gasteiger partial charge in [0.25, 0.3) is 0 Å². The number of aryl methyl sites for hydroxylation is 1. The Morgan fingerprint density at radius 3 is 2.50 bits per heavy atom. The van der Waals surface area contributed by atoms with Crippen LogP contribution < -0.4 is 4.74 Å². The van der Waals surface area contributed by atoms with E-state index in [1.165, 1.54) is 0 Å². The van der Waals surface area contributed by atoms with Crippen molar-refractivity contribution in [3.05, 3.63) is 29.3 Å². The molecule has 0 radical (unpaired) electrons. The third kappa shape index (κ3) is 4.06. The Bertz CT molecular complexity index is 416. The Kier molecular flexibility index (Phi) is 4.76. The molecule has 0 atom stereocenters. The zero-order chi connectivity index (χ0) is 13.8. The predicted molar refractivity (Wildman–Crippen MR) is 72.3 cm³/mol. The molecule has 1 N–H and O–H groups in total. The van der Waals surface area contributed by atoms with Crippen molar-refractivity contribution in [3.8, 4) is 5.75 Å². The Morgan fingerprint density at radius 2 is 2.00 bits per heavy atom. The number of carboxylic acids is 1. The highest BCUT2D eigenvalue weighted by atomic mass is 16.5. The molecule has 0 saturated carbocycles. The fraction of sp³-hybridized carbons (Fsp3) is 0.533. The lowest BCUT2D eigenvalue weighted by Gasteiger charge is -2.21. The number of rotatable bonds is 5. The van der Waals surface area contributed by atoms with Gasteiger partial charge in [-0.2, -0.15) is 0 Å². The lowest BCUT2D eigenvalue weighted by molar-refractivity contribution is 0.0689. The Balaban J connectivity index is 3.06. The molecule has 3 heteroatoms. The van der Waals surface area contributed by atoms with Crippen molar-refractivity contribution < 1.29 is 14.6 Å². The summed E-state index contributed by atoms with van der Waals surface area (Å²) in [5.74, 6) is -0.404. The number of hydrogen-bond donors (Lipinski definition) is 1. The maximum atomic E-state index is 11.2. The van der Waals surface area contributed by atoms with Crippen molar-refractivity contribution in [1.29, 1.82) is 0 Å². The SMILES string of the molecule is CCCc1cccc(C(=O)O)c1OCC(C)(C)C. The summed E-state index contributed by atoms with van der Waals surface area (Å²) in [5, 5.41) is 9.21. The summed E-state index contributed by atoms with van der Waals surface area (Å²) in [6.45, 7) is 8.77. The molecule has 0 amide bonds. The van der Waals surface area contributed by atoms with Gasteiger partial charge in [-0.1, -0.05) is 46.2 Å². The van der Waals surface area contributed by atoms with E-state index in [0.717, 1.165) is 18.4 Å². The van der Waals surface area contributed by atoms with Gasteiger partial charge in [0, 0.05) is 0 Å². The molecule has 0 aliphatic carbocycles. The van der Waals surface area contributed by atoms with Crippen LogP contribution in [0.25, 0.3) is 0 Å². The summed E-state index contributed by atoms with van der Waals surface area (Å²) < 4.78 is 5.77. The van der Waals surface area contributed by atoms with E-state index in [0.29, 0.717) is 12.4 Å². The van der Waals surface area contributed by atoms with Gasteiger partial charge in [0.15, 0.2) is 0 Å². The Morgan fingerprint density at radius 1 is 1.33 bits per heavy atom. The number of benzene rings is 1. The minimum Gasteiger partial charge on any atom is -0.492 e. The molecule has 0 unspecified atom stereocenters. The number of hydrogen-bond acceptors (Lipinski definition) is 2. The second-order valence-corrected chi connectivity index (χ2v) is 5.70.